The molecule has 0 spiro atoms. The highest BCUT2D eigenvalue weighted by molar-refractivity contribution is 7.91. The molecular formula is C20H18FNO3S2. The van der Waals surface area contributed by atoms with E-state index in [1.165, 1.54) is 35.6 Å². The monoisotopic (exact) mass is 403 g/mol. The number of hydrogen-bond donors (Lipinski definition) is 1. The van der Waals surface area contributed by atoms with Crippen molar-refractivity contribution in [3.05, 3.63) is 87.9 Å². The van der Waals surface area contributed by atoms with Crippen molar-refractivity contribution < 1.29 is 17.6 Å². The number of amides is 1. The first-order valence-electron chi connectivity index (χ1n) is 8.25. The van der Waals surface area contributed by atoms with Crippen LogP contribution < -0.4 is 5.32 Å². The first-order chi connectivity index (χ1) is 12.9. The number of nitrogens with one attached hydrogen (secondary N) is 1. The number of carbonyl (C=O) groups excluding carboxylic acids is 1. The number of sulfone groups is 1. The Morgan fingerprint density at radius 3 is 2.33 bits per heavy atom. The Balaban J connectivity index is 1.85. The molecule has 27 heavy (non-hydrogen) atoms. The first kappa shape index (κ1) is 19.3. The summed E-state index contributed by atoms with van der Waals surface area (Å²) in [7, 11) is -3.69. The van der Waals surface area contributed by atoms with Gasteiger partial charge in [0.15, 0.2) is 9.84 Å². The van der Waals surface area contributed by atoms with Crippen molar-refractivity contribution in [3.63, 3.8) is 0 Å². The lowest BCUT2D eigenvalue weighted by atomic mass is 10.2. The minimum Gasteiger partial charge on any atom is -0.350 e. The summed E-state index contributed by atoms with van der Waals surface area (Å²) in [6.07, 6.45) is 0. The van der Waals surface area contributed by atoms with Gasteiger partial charge in [-0.05, 0) is 54.8 Å². The third-order valence-electron chi connectivity index (χ3n) is 4.14. The molecule has 0 radical (unpaired) electrons. The van der Waals surface area contributed by atoms with Crippen LogP contribution in [0.4, 0.5) is 4.39 Å². The zero-order valence-electron chi connectivity index (χ0n) is 14.6. The summed E-state index contributed by atoms with van der Waals surface area (Å²) >= 11 is 1.33. The van der Waals surface area contributed by atoms with E-state index in [1.54, 1.807) is 41.8 Å². The Bertz CT molecular complexity index is 1010. The highest BCUT2D eigenvalue weighted by atomic mass is 32.2. The Kier molecular flexibility index (Phi) is 5.72. The molecule has 1 aromatic heterocycles. The molecule has 1 atom stereocenters. The van der Waals surface area contributed by atoms with E-state index in [0.29, 0.717) is 4.88 Å². The average Bonchev–Trinajstić information content (AvgIpc) is 3.16. The molecule has 1 N–H and O–H groups in total. The van der Waals surface area contributed by atoms with Gasteiger partial charge in [0.1, 0.15) is 11.1 Å². The largest absolute Gasteiger partial charge is 0.350 e. The maximum Gasteiger partial charge on any atom is 0.251 e. The average molecular weight is 404 g/mol. The molecule has 0 aliphatic carbocycles. The minimum atomic E-state index is -3.69. The number of hydrogen-bond acceptors (Lipinski definition) is 4. The summed E-state index contributed by atoms with van der Waals surface area (Å²) in [6, 6.07) is 15.3. The van der Waals surface area contributed by atoms with E-state index in [2.05, 4.69) is 5.32 Å². The van der Waals surface area contributed by atoms with Crippen LogP contribution in [-0.2, 0) is 9.84 Å². The van der Waals surface area contributed by atoms with Crippen LogP contribution in [0.3, 0.4) is 0 Å². The minimum absolute atomic E-state index is 0.0765. The van der Waals surface area contributed by atoms with Gasteiger partial charge >= 0.3 is 0 Å². The van der Waals surface area contributed by atoms with Crippen molar-refractivity contribution in [1.82, 2.24) is 5.32 Å². The molecule has 1 heterocycles. The second-order valence-electron chi connectivity index (χ2n) is 6.08. The van der Waals surface area contributed by atoms with E-state index in [1.807, 2.05) is 6.92 Å². The van der Waals surface area contributed by atoms with Crippen LogP contribution in [-0.4, -0.2) is 20.9 Å². The van der Waals surface area contributed by atoms with Crippen LogP contribution in [0.15, 0.2) is 70.9 Å². The van der Waals surface area contributed by atoms with Gasteiger partial charge in [-0.1, -0.05) is 23.8 Å². The van der Waals surface area contributed by atoms with Crippen LogP contribution in [0.5, 0.6) is 0 Å². The number of halogens is 1. The summed E-state index contributed by atoms with van der Waals surface area (Å²) < 4.78 is 39.3. The van der Waals surface area contributed by atoms with Gasteiger partial charge < -0.3 is 5.32 Å². The third-order valence-corrected chi connectivity index (χ3v) is 7.37. The molecule has 3 aromatic rings. The maximum absolute atomic E-state index is 13.1. The number of aryl methyl sites for hydroxylation is 1. The molecule has 3 rings (SSSR count). The van der Waals surface area contributed by atoms with E-state index >= 15 is 0 Å². The summed E-state index contributed by atoms with van der Waals surface area (Å²) in [5.74, 6) is -0.888. The standard InChI is InChI=1S/C20H18FNO3S2/c1-14-4-10-17(11-5-14)27(24,25)19(18-3-2-12-26-18)13-22-20(23)15-6-8-16(21)9-7-15/h2-12,19H,13H2,1H3,(H,22,23)/t19-/m1/s1. The van der Waals surface area contributed by atoms with Crippen molar-refractivity contribution in [2.24, 2.45) is 0 Å². The molecular weight excluding hydrogens is 385 g/mol. The molecule has 1 amide bonds. The lowest BCUT2D eigenvalue weighted by Crippen LogP contribution is -2.31. The van der Waals surface area contributed by atoms with Gasteiger partial charge in [0, 0.05) is 17.0 Å². The van der Waals surface area contributed by atoms with Gasteiger partial charge in [0.25, 0.3) is 5.91 Å². The molecule has 140 valence electrons. The summed E-state index contributed by atoms with van der Waals surface area (Å²) in [4.78, 5) is 13.2. The fraction of sp³-hybridized carbons (Fsp3) is 0.150. The SMILES string of the molecule is Cc1ccc(S(=O)(=O)[C@H](CNC(=O)c2ccc(F)cc2)c2cccs2)cc1. The Labute approximate surface area is 161 Å². The van der Waals surface area contributed by atoms with Gasteiger partial charge in [-0.2, -0.15) is 0 Å². The van der Waals surface area contributed by atoms with Crippen molar-refractivity contribution in [2.75, 3.05) is 6.54 Å². The zero-order chi connectivity index (χ0) is 19.4. The molecule has 0 saturated heterocycles. The number of carbonyl (C=O) groups is 1. The molecule has 4 nitrogen and oxygen atoms in total. The molecule has 2 aromatic carbocycles. The molecule has 0 aliphatic rings. The Morgan fingerprint density at radius 1 is 1.07 bits per heavy atom. The summed E-state index contributed by atoms with van der Waals surface area (Å²) in [5, 5.41) is 3.56. The van der Waals surface area contributed by atoms with E-state index in [4.69, 9.17) is 0 Å². The van der Waals surface area contributed by atoms with E-state index < -0.39 is 26.8 Å². The van der Waals surface area contributed by atoms with Crippen LogP contribution in [0, 0.1) is 12.7 Å². The fourth-order valence-corrected chi connectivity index (χ4v) is 5.40. The van der Waals surface area contributed by atoms with Crippen molar-refractivity contribution in [2.45, 2.75) is 17.1 Å². The van der Waals surface area contributed by atoms with Gasteiger partial charge in [-0.25, -0.2) is 12.8 Å². The van der Waals surface area contributed by atoms with Crippen LogP contribution in [0.1, 0.15) is 26.0 Å². The maximum atomic E-state index is 13.1. The number of thiophene rings is 1. The van der Waals surface area contributed by atoms with Crippen molar-refractivity contribution >= 4 is 27.1 Å². The highest BCUT2D eigenvalue weighted by Crippen LogP contribution is 2.31. The smallest absolute Gasteiger partial charge is 0.251 e. The van der Waals surface area contributed by atoms with Crippen LogP contribution in [0.25, 0.3) is 0 Å². The van der Waals surface area contributed by atoms with Gasteiger partial charge in [-0.3, -0.25) is 4.79 Å². The van der Waals surface area contributed by atoms with E-state index in [-0.39, 0.29) is 17.0 Å². The van der Waals surface area contributed by atoms with Gasteiger partial charge in [-0.15, -0.1) is 11.3 Å². The Hall–Kier alpha value is -2.51. The first-order valence-corrected chi connectivity index (χ1v) is 10.7. The summed E-state index contributed by atoms with van der Waals surface area (Å²) in [6.45, 7) is 1.81. The summed E-state index contributed by atoms with van der Waals surface area (Å²) in [5.41, 5.74) is 1.24. The second-order valence-corrected chi connectivity index (χ2v) is 9.19. The van der Waals surface area contributed by atoms with Gasteiger partial charge in [0.2, 0.25) is 0 Å². The number of benzene rings is 2. The topological polar surface area (TPSA) is 63.2 Å². The van der Waals surface area contributed by atoms with E-state index in [9.17, 15) is 17.6 Å². The molecule has 0 saturated carbocycles. The molecule has 0 fully saturated rings. The highest BCUT2D eigenvalue weighted by Gasteiger charge is 2.30. The number of rotatable bonds is 6. The third kappa shape index (κ3) is 4.43. The van der Waals surface area contributed by atoms with Crippen LogP contribution >= 0.6 is 11.3 Å². The second kappa shape index (κ2) is 8.02. The lowest BCUT2D eigenvalue weighted by molar-refractivity contribution is 0.0953. The van der Waals surface area contributed by atoms with Crippen molar-refractivity contribution in [1.29, 1.82) is 0 Å². The predicted octanol–water partition coefficient (Wildman–Crippen LogP) is 4.14. The quantitative estimate of drug-likeness (QED) is 0.673. The molecule has 0 unspecified atom stereocenters. The zero-order valence-corrected chi connectivity index (χ0v) is 16.2. The Morgan fingerprint density at radius 2 is 1.74 bits per heavy atom. The normalized spacial score (nSPS) is 12.5. The van der Waals surface area contributed by atoms with Gasteiger partial charge in [0.05, 0.1) is 4.90 Å². The lowest BCUT2D eigenvalue weighted by Gasteiger charge is -2.17. The van der Waals surface area contributed by atoms with Crippen LogP contribution in [0.2, 0.25) is 0 Å². The molecule has 0 aliphatic heterocycles. The molecule has 0 bridgehead atoms. The van der Waals surface area contributed by atoms with Crippen molar-refractivity contribution in [3.8, 4) is 0 Å². The van der Waals surface area contributed by atoms with E-state index in [0.717, 1.165) is 5.56 Å². The predicted molar refractivity (Wildman–Crippen MR) is 104 cm³/mol. The molecule has 7 heteroatoms. The fourth-order valence-electron chi connectivity index (χ4n) is 2.62.